The van der Waals surface area contributed by atoms with Crippen LogP contribution >= 0.6 is 24.4 Å². The van der Waals surface area contributed by atoms with Crippen LogP contribution in [-0.4, -0.2) is 4.77 Å². The third-order valence-electron chi connectivity index (χ3n) is 0.435. The summed E-state index contributed by atoms with van der Waals surface area (Å²) < 4.78 is 4.69. The first kappa shape index (κ1) is 4.40. The molecule has 0 aromatic carbocycles. The highest BCUT2D eigenvalue weighted by Crippen LogP contribution is 2.23. The molecule has 0 N–H and O–H groups in total. The van der Waals surface area contributed by atoms with Crippen LogP contribution in [0.3, 0.4) is 0 Å². The molecule has 1 rings (SSSR count). The first-order valence-electron chi connectivity index (χ1n) is 1.51. The second-order valence-corrected chi connectivity index (χ2v) is 2.53. The van der Waals surface area contributed by atoms with E-state index in [1.807, 2.05) is 5.41 Å². The van der Waals surface area contributed by atoms with E-state index in [-0.39, 0.29) is 4.77 Å². The van der Waals surface area contributed by atoms with E-state index < -0.39 is 0 Å². The molecule has 1 nitrogen and oxygen atoms in total. The Balaban J connectivity index is 2.32. The summed E-state index contributed by atoms with van der Waals surface area (Å²) in [6, 6.07) is 0. The largest absolute Gasteiger partial charge is 0.476 e. The zero-order chi connectivity index (χ0) is 4.41. The van der Waals surface area contributed by atoms with Crippen LogP contribution in [-0.2, 0) is 4.74 Å². The quantitative estimate of drug-likeness (QED) is 0.480. The van der Waals surface area contributed by atoms with Gasteiger partial charge >= 0.3 is 0 Å². The molecule has 33 valence electrons. The van der Waals surface area contributed by atoms with Crippen LogP contribution in [0.15, 0.2) is 11.7 Å². The Bertz CT molecular complexity index is 63.2. The molecule has 1 radical (unpaired) electrons. The molecule has 1 heterocycles. The topological polar surface area (TPSA) is 9.23 Å². The van der Waals surface area contributed by atoms with Crippen LogP contribution < -0.4 is 0 Å². The molecule has 0 aliphatic carbocycles. The lowest BCUT2D eigenvalue weighted by Crippen LogP contribution is -1.82. The highest BCUT2D eigenvalue weighted by Gasteiger charge is 2.03. The average molecular weight is 119 g/mol. The molecule has 0 amide bonds. The summed E-state index contributed by atoms with van der Waals surface area (Å²) >= 11 is 6.19. The second kappa shape index (κ2) is 1.80. The number of hydrogen-bond donors (Lipinski definition) is 0. The molecular formula is C3H3OS2. The van der Waals surface area contributed by atoms with Crippen molar-refractivity contribution in [3.8, 4) is 0 Å². The summed E-state index contributed by atoms with van der Waals surface area (Å²) in [6.45, 7) is 0. The SMILES string of the molecule is [S]C1OC=CS1. The summed E-state index contributed by atoms with van der Waals surface area (Å²) in [4.78, 5) is 0. The predicted octanol–water partition coefficient (Wildman–Crippen LogP) is 1.70. The summed E-state index contributed by atoms with van der Waals surface area (Å²) in [6.07, 6.45) is 1.61. The van der Waals surface area contributed by atoms with Crippen molar-refractivity contribution in [3.63, 3.8) is 0 Å². The van der Waals surface area contributed by atoms with Crippen molar-refractivity contribution in [2.75, 3.05) is 0 Å². The molecule has 6 heavy (non-hydrogen) atoms. The Hall–Kier alpha value is 0.240. The summed E-state index contributed by atoms with van der Waals surface area (Å²) in [5.41, 5.74) is 0. The van der Waals surface area contributed by atoms with Gasteiger partial charge in [0.15, 0.2) is 0 Å². The molecule has 1 aliphatic rings. The summed E-state index contributed by atoms with van der Waals surface area (Å²) in [5, 5.41) is 1.84. The Morgan fingerprint density at radius 2 is 2.67 bits per heavy atom. The first-order valence-corrected chi connectivity index (χ1v) is 2.93. The van der Waals surface area contributed by atoms with Crippen LogP contribution in [0.1, 0.15) is 0 Å². The van der Waals surface area contributed by atoms with E-state index in [1.165, 1.54) is 11.8 Å². The Kier molecular flexibility index (Phi) is 1.32. The molecule has 1 unspecified atom stereocenters. The lowest BCUT2D eigenvalue weighted by atomic mass is 11.1. The minimum atomic E-state index is -0.0648. The van der Waals surface area contributed by atoms with Crippen LogP contribution in [0, 0.1) is 0 Å². The van der Waals surface area contributed by atoms with Gasteiger partial charge in [0, 0.05) is 5.41 Å². The number of rotatable bonds is 0. The standard InChI is InChI=1S/C3H3OS2/c5-3-4-1-2-6-3/h1-3H. The minimum absolute atomic E-state index is 0.0648. The molecule has 0 bridgehead atoms. The maximum absolute atomic E-state index is 4.75. The highest BCUT2D eigenvalue weighted by atomic mass is 32.2. The normalized spacial score (nSPS) is 30.5. The third-order valence-corrected chi connectivity index (χ3v) is 1.48. The van der Waals surface area contributed by atoms with Gasteiger partial charge in [0.2, 0.25) is 4.77 Å². The molecule has 0 aromatic heterocycles. The lowest BCUT2D eigenvalue weighted by Gasteiger charge is -1.93. The van der Waals surface area contributed by atoms with Crippen molar-refractivity contribution >= 4 is 24.4 Å². The van der Waals surface area contributed by atoms with E-state index in [0.29, 0.717) is 0 Å². The van der Waals surface area contributed by atoms with E-state index in [0.717, 1.165) is 0 Å². The summed E-state index contributed by atoms with van der Waals surface area (Å²) in [5.74, 6) is 0. The molecule has 1 aliphatic heterocycles. The molecule has 0 saturated heterocycles. The predicted molar refractivity (Wildman–Crippen MR) is 29.2 cm³/mol. The van der Waals surface area contributed by atoms with E-state index >= 15 is 0 Å². The number of ether oxygens (including phenoxy) is 1. The zero-order valence-electron chi connectivity index (χ0n) is 2.96. The number of hydrogen-bond acceptors (Lipinski definition) is 2. The van der Waals surface area contributed by atoms with Gasteiger partial charge in [-0.05, 0) is 12.6 Å². The molecule has 3 heteroatoms. The first-order chi connectivity index (χ1) is 2.89. The highest BCUT2D eigenvalue weighted by molar-refractivity contribution is 8.12. The van der Waals surface area contributed by atoms with E-state index in [9.17, 15) is 0 Å². The van der Waals surface area contributed by atoms with Crippen molar-refractivity contribution in [3.05, 3.63) is 11.7 Å². The van der Waals surface area contributed by atoms with E-state index in [4.69, 9.17) is 4.74 Å². The fourth-order valence-electron chi connectivity index (χ4n) is 0.225. The van der Waals surface area contributed by atoms with Gasteiger partial charge in [-0.25, -0.2) is 0 Å². The zero-order valence-corrected chi connectivity index (χ0v) is 4.59. The van der Waals surface area contributed by atoms with Crippen molar-refractivity contribution in [2.45, 2.75) is 4.77 Å². The third kappa shape index (κ3) is 0.849. The summed E-state index contributed by atoms with van der Waals surface area (Å²) in [7, 11) is 0. The van der Waals surface area contributed by atoms with Gasteiger partial charge in [-0.3, -0.25) is 0 Å². The monoisotopic (exact) mass is 119 g/mol. The van der Waals surface area contributed by atoms with Gasteiger partial charge in [0.05, 0.1) is 6.26 Å². The van der Waals surface area contributed by atoms with Crippen molar-refractivity contribution < 1.29 is 4.74 Å². The maximum Gasteiger partial charge on any atom is 0.204 e. The van der Waals surface area contributed by atoms with Crippen molar-refractivity contribution in [2.24, 2.45) is 0 Å². The molecule has 0 spiro atoms. The van der Waals surface area contributed by atoms with Gasteiger partial charge in [0.25, 0.3) is 0 Å². The van der Waals surface area contributed by atoms with Crippen LogP contribution in [0.5, 0.6) is 0 Å². The van der Waals surface area contributed by atoms with Gasteiger partial charge in [-0.15, -0.1) is 0 Å². The molecule has 0 fully saturated rings. The Labute approximate surface area is 46.2 Å². The van der Waals surface area contributed by atoms with Gasteiger partial charge in [0.1, 0.15) is 0 Å². The average Bonchev–Trinajstić information content (AvgIpc) is 1.86. The molecule has 0 saturated carbocycles. The number of thioether (sulfide) groups is 1. The Morgan fingerprint density at radius 3 is 2.83 bits per heavy atom. The van der Waals surface area contributed by atoms with Crippen LogP contribution in [0.25, 0.3) is 0 Å². The lowest BCUT2D eigenvalue weighted by molar-refractivity contribution is 0.302. The van der Waals surface area contributed by atoms with E-state index in [1.54, 1.807) is 6.26 Å². The molecule has 1 atom stereocenters. The molecule has 0 aromatic rings. The fraction of sp³-hybridized carbons (Fsp3) is 0.333. The van der Waals surface area contributed by atoms with Gasteiger partial charge < -0.3 is 4.74 Å². The van der Waals surface area contributed by atoms with Gasteiger partial charge in [-0.2, -0.15) is 0 Å². The smallest absolute Gasteiger partial charge is 0.204 e. The van der Waals surface area contributed by atoms with Crippen molar-refractivity contribution in [1.82, 2.24) is 0 Å². The Morgan fingerprint density at radius 1 is 1.83 bits per heavy atom. The minimum Gasteiger partial charge on any atom is -0.476 e. The second-order valence-electron chi connectivity index (χ2n) is 0.833. The van der Waals surface area contributed by atoms with Crippen LogP contribution in [0.4, 0.5) is 0 Å². The van der Waals surface area contributed by atoms with Crippen molar-refractivity contribution in [1.29, 1.82) is 0 Å². The van der Waals surface area contributed by atoms with E-state index in [2.05, 4.69) is 12.6 Å². The molecular weight excluding hydrogens is 116 g/mol. The maximum atomic E-state index is 4.75. The fourth-order valence-corrected chi connectivity index (χ4v) is 0.866. The van der Waals surface area contributed by atoms with Crippen LogP contribution in [0.2, 0.25) is 0 Å². The van der Waals surface area contributed by atoms with Gasteiger partial charge in [-0.1, -0.05) is 11.8 Å².